The van der Waals surface area contributed by atoms with E-state index in [-0.39, 0.29) is 12.0 Å². The molecule has 0 unspecified atom stereocenters. The van der Waals surface area contributed by atoms with E-state index < -0.39 is 5.97 Å². The van der Waals surface area contributed by atoms with Crippen molar-refractivity contribution in [1.29, 1.82) is 0 Å². The normalized spacial score (nSPS) is 33.7. The van der Waals surface area contributed by atoms with Crippen LogP contribution in [0.15, 0.2) is 0 Å². The number of hydrogen-bond donors (Lipinski definition) is 2. The standard InChI is InChI=1S/C7H12O3/c8-6-3-1-2-5(4-6)7(9)10/h5-6,8H,1-4H2,(H,9,10)/t5-,6-/m1/s1. The van der Waals surface area contributed by atoms with Crippen LogP contribution in [0.1, 0.15) is 25.7 Å². The highest BCUT2D eigenvalue weighted by Crippen LogP contribution is 2.23. The molecule has 58 valence electrons. The van der Waals surface area contributed by atoms with Gasteiger partial charge in [-0.25, -0.2) is 0 Å². The average molecular weight is 144 g/mol. The Morgan fingerprint density at radius 3 is 2.50 bits per heavy atom. The Bertz CT molecular complexity index is 133. The zero-order valence-corrected chi connectivity index (χ0v) is 5.79. The third-order valence-corrected chi connectivity index (χ3v) is 2.00. The van der Waals surface area contributed by atoms with Gasteiger partial charge >= 0.3 is 5.97 Å². The fourth-order valence-corrected chi connectivity index (χ4v) is 1.39. The molecule has 1 rings (SSSR count). The highest BCUT2D eigenvalue weighted by Gasteiger charge is 2.25. The first-order chi connectivity index (χ1) is 4.70. The third kappa shape index (κ3) is 1.70. The maximum Gasteiger partial charge on any atom is 0.306 e. The van der Waals surface area contributed by atoms with Gasteiger partial charge in [-0.05, 0) is 19.3 Å². The number of carbonyl (C=O) groups is 1. The Kier molecular flexibility index (Phi) is 2.27. The van der Waals surface area contributed by atoms with Gasteiger partial charge in [0.25, 0.3) is 0 Å². The number of carboxylic acid groups (broad SMARTS) is 1. The van der Waals surface area contributed by atoms with Gasteiger partial charge < -0.3 is 10.2 Å². The second-order valence-corrected chi connectivity index (χ2v) is 2.86. The fraction of sp³-hybridized carbons (Fsp3) is 0.857. The SMILES string of the molecule is O=C(O)[C@@H]1CCC[C@@H](O)C1. The highest BCUT2D eigenvalue weighted by molar-refractivity contribution is 5.70. The van der Waals surface area contributed by atoms with Gasteiger partial charge in [-0.15, -0.1) is 0 Å². The van der Waals surface area contributed by atoms with Crippen molar-refractivity contribution in [2.45, 2.75) is 31.8 Å². The molecule has 0 amide bonds. The van der Waals surface area contributed by atoms with Crippen molar-refractivity contribution < 1.29 is 15.0 Å². The van der Waals surface area contributed by atoms with Crippen LogP contribution in [0.3, 0.4) is 0 Å². The minimum atomic E-state index is -0.765. The lowest BCUT2D eigenvalue weighted by atomic mass is 9.87. The van der Waals surface area contributed by atoms with Crippen LogP contribution in [0.5, 0.6) is 0 Å². The maximum absolute atomic E-state index is 10.4. The molecule has 1 fully saturated rings. The smallest absolute Gasteiger partial charge is 0.306 e. The zero-order valence-electron chi connectivity index (χ0n) is 5.79. The summed E-state index contributed by atoms with van der Waals surface area (Å²) in [7, 11) is 0. The second-order valence-electron chi connectivity index (χ2n) is 2.86. The van der Waals surface area contributed by atoms with Crippen LogP contribution in [-0.4, -0.2) is 22.3 Å². The number of carboxylic acids is 1. The number of hydrogen-bond acceptors (Lipinski definition) is 2. The Labute approximate surface area is 59.7 Å². The van der Waals surface area contributed by atoms with E-state index in [0.29, 0.717) is 6.42 Å². The van der Waals surface area contributed by atoms with Gasteiger partial charge in [0, 0.05) is 0 Å². The molecule has 1 aliphatic rings. The van der Waals surface area contributed by atoms with Crippen LogP contribution in [0, 0.1) is 5.92 Å². The Balaban J connectivity index is 2.39. The summed E-state index contributed by atoms with van der Waals surface area (Å²) in [4.78, 5) is 10.4. The Morgan fingerprint density at radius 1 is 1.40 bits per heavy atom. The first-order valence-electron chi connectivity index (χ1n) is 3.61. The minimum Gasteiger partial charge on any atom is -0.481 e. The van der Waals surface area contributed by atoms with Crippen LogP contribution >= 0.6 is 0 Å². The Morgan fingerprint density at radius 2 is 2.10 bits per heavy atom. The van der Waals surface area contributed by atoms with E-state index in [4.69, 9.17) is 10.2 Å². The Hall–Kier alpha value is -0.570. The molecule has 2 atom stereocenters. The van der Waals surface area contributed by atoms with Crippen molar-refractivity contribution in [2.75, 3.05) is 0 Å². The molecule has 0 bridgehead atoms. The summed E-state index contributed by atoms with van der Waals surface area (Å²) < 4.78 is 0. The third-order valence-electron chi connectivity index (χ3n) is 2.00. The molecule has 2 N–H and O–H groups in total. The molecule has 1 saturated carbocycles. The molecule has 0 aromatic heterocycles. The molecule has 1 aliphatic carbocycles. The minimum absolute atomic E-state index is 0.302. The van der Waals surface area contributed by atoms with Gasteiger partial charge in [0.05, 0.1) is 12.0 Å². The molecule has 3 nitrogen and oxygen atoms in total. The molecule has 10 heavy (non-hydrogen) atoms. The molecule has 0 aromatic rings. The molecular formula is C7H12O3. The van der Waals surface area contributed by atoms with Gasteiger partial charge in [-0.1, -0.05) is 6.42 Å². The molecule has 3 heteroatoms. The number of aliphatic hydroxyl groups excluding tert-OH is 1. The summed E-state index contributed by atoms with van der Waals surface area (Å²) in [5.41, 5.74) is 0. The van der Waals surface area contributed by atoms with E-state index in [1.54, 1.807) is 0 Å². The first kappa shape index (κ1) is 7.54. The molecule has 0 saturated heterocycles. The lowest BCUT2D eigenvalue weighted by Crippen LogP contribution is -2.25. The largest absolute Gasteiger partial charge is 0.481 e. The maximum atomic E-state index is 10.4. The van der Waals surface area contributed by atoms with Crippen molar-refractivity contribution in [1.82, 2.24) is 0 Å². The molecule has 0 radical (unpaired) electrons. The second kappa shape index (κ2) is 3.01. The van der Waals surface area contributed by atoms with Crippen molar-refractivity contribution in [3.8, 4) is 0 Å². The van der Waals surface area contributed by atoms with Crippen LogP contribution in [0.2, 0.25) is 0 Å². The van der Waals surface area contributed by atoms with Gasteiger partial charge in [0.2, 0.25) is 0 Å². The van der Waals surface area contributed by atoms with Crippen LogP contribution in [-0.2, 0) is 4.79 Å². The van der Waals surface area contributed by atoms with Gasteiger partial charge in [0.1, 0.15) is 0 Å². The topological polar surface area (TPSA) is 57.5 Å². The molecule has 0 aromatic carbocycles. The van der Waals surface area contributed by atoms with E-state index >= 15 is 0 Å². The van der Waals surface area contributed by atoms with Crippen LogP contribution in [0.4, 0.5) is 0 Å². The highest BCUT2D eigenvalue weighted by atomic mass is 16.4. The van der Waals surface area contributed by atoms with E-state index in [1.165, 1.54) is 0 Å². The first-order valence-corrected chi connectivity index (χ1v) is 3.61. The van der Waals surface area contributed by atoms with E-state index in [9.17, 15) is 4.79 Å². The quantitative estimate of drug-likeness (QED) is 0.567. The number of rotatable bonds is 1. The molecule has 0 heterocycles. The average Bonchev–Trinajstić information content (AvgIpc) is 1.88. The van der Waals surface area contributed by atoms with Gasteiger partial charge in [-0.3, -0.25) is 4.79 Å². The van der Waals surface area contributed by atoms with Crippen LogP contribution < -0.4 is 0 Å². The monoisotopic (exact) mass is 144 g/mol. The van der Waals surface area contributed by atoms with E-state index in [0.717, 1.165) is 19.3 Å². The molecular weight excluding hydrogens is 132 g/mol. The predicted octanol–water partition coefficient (Wildman–Crippen LogP) is 0.622. The predicted molar refractivity (Wildman–Crippen MR) is 35.6 cm³/mol. The summed E-state index contributed by atoms with van der Waals surface area (Å²) in [5.74, 6) is -1.07. The molecule has 0 spiro atoms. The summed E-state index contributed by atoms with van der Waals surface area (Å²) in [6.07, 6.45) is 2.40. The zero-order chi connectivity index (χ0) is 7.56. The van der Waals surface area contributed by atoms with Crippen molar-refractivity contribution in [2.24, 2.45) is 5.92 Å². The fourth-order valence-electron chi connectivity index (χ4n) is 1.39. The lowest BCUT2D eigenvalue weighted by Gasteiger charge is -2.21. The van der Waals surface area contributed by atoms with E-state index in [1.807, 2.05) is 0 Å². The van der Waals surface area contributed by atoms with Gasteiger partial charge in [-0.2, -0.15) is 0 Å². The van der Waals surface area contributed by atoms with E-state index in [2.05, 4.69) is 0 Å². The summed E-state index contributed by atoms with van der Waals surface area (Å²) >= 11 is 0. The summed E-state index contributed by atoms with van der Waals surface area (Å²) in [6.45, 7) is 0. The lowest BCUT2D eigenvalue weighted by molar-refractivity contribution is -0.144. The van der Waals surface area contributed by atoms with Crippen molar-refractivity contribution in [3.05, 3.63) is 0 Å². The number of aliphatic hydroxyl groups is 1. The van der Waals surface area contributed by atoms with Crippen molar-refractivity contribution in [3.63, 3.8) is 0 Å². The van der Waals surface area contributed by atoms with Crippen LogP contribution in [0.25, 0.3) is 0 Å². The summed E-state index contributed by atoms with van der Waals surface area (Å²) in [6, 6.07) is 0. The summed E-state index contributed by atoms with van der Waals surface area (Å²) in [5, 5.41) is 17.6. The molecule has 0 aliphatic heterocycles. The van der Waals surface area contributed by atoms with Gasteiger partial charge in [0.15, 0.2) is 0 Å². The van der Waals surface area contributed by atoms with Crippen molar-refractivity contribution >= 4 is 5.97 Å². The number of aliphatic carboxylic acids is 1.